The summed E-state index contributed by atoms with van der Waals surface area (Å²) in [6.07, 6.45) is 4.02. The Kier molecular flexibility index (Phi) is 4.67. The number of hydrogen-bond donors (Lipinski definition) is 0. The molecule has 0 radical (unpaired) electrons. The van der Waals surface area contributed by atoms with Gasteiger partial charge in [0.25, 0.3) is 0 Å². The Hall–Kier alpha value is -1.11. The average molecular weight is 272 g/mol. The fourth-order valence-electron chi connectivity index (χ4n) is 3.65. The topological polar surface area (TPSA) is 17.1 Å². The van der Waals surface area contributed by atoms with Gasteiger partial charge in [-0.25, -0.2) is 0 Å². The van der Waals surface area contributed by atoms with E-state index in [-0.39, 0.29) is 0 Å². The quantitative estimate of drug-likeness (QED) is 0.772. The standard InChI is InChI=1S/C19H28O/c1-12-8-15(4)18(16(5)9-12)11-19(20)17-7-6-13(2)14(3)10-17/h8-9,13-14,17H,6-7,10-11H2,1-5H3. The zero-order valence-corrected chi connectivity index (χ0v) is 13.6. The number of rotatable bonds is 3. The van der Waals surface area contributed by atoms with Crippen LogP contribution in [0.25, 0.3) is 0 Å². The Balaban J connectivity index is 2.09. The van der Waals surface area contributed by atoms with Crippen molar-refractivity contribution in [2.45, 2.75) is 60.3 Å². The lowest BCUT2D eigenvalue weighted by molar-refractivity contribution is -0.124. The van der Waals surface area contributed by atoms with E-state index in [9.17, 15) is 4.79 Å². The van der Waals surface area contributed by atoms with E-state index in [2.05, 4.69) is 46.8 Å². The van der Waals surface area contributed by atoms with Crippen LogP contribution in [0.2, 0.25) is 0 Å². The molecule has 0 saturated heterocycles. The molecule has 2 rings (SSSR count). The minimum atomic E-state index is 0.293. The van der Waals surface area contributed by atoms with E-state index in [1.54, 1.807) is 0 Å². The van der Waals surface area contributed by atoms with Gasteiger partial charge in [-0.15, -0.1) is 0 Å². The predicted molar refractivity (Wildman–Crippen MR) is 85.0 cm³/mol. The molecule has 110 valence electrons. The van der Waals surface area contributed by atoms with Gasteiger partial charge in [-0.1, -0.05) is 31.5 Å². The third kappa shape index (κ3) is 3.31. The first-order valence-corrected chi connectivity index (χ1v) is 7.98. The van der Waals surface area contributed by atoms with Crippen LogP contribution >= 0.6 is 0 Å². The highest BCUT2D eigenvalue weighted by Gasteiger charge is 2.29. The van der Waals surface area contributed by atoms with Crippen LogP contribution in [0.15, 0.2) is 12.1 Å². The summed E-state index contributed by atoms with van der Waals surface area (Å²) in [4.78, 5) is 12.6. The number of aryl methyl sites for hydroxylation is 3. The van der Waals surface area contributed by atoms with Gasteiger partial charge in [0, 0.05) is 12.3 Å². The zero-order chi connectivity index (χ0) is 14.9. The lowest BCUT2D eigenvalue weighted by Crippen LogP contribution is -2.27. The minimum Gasteiger partial charge on any atom is -0.299 e. The van der Waals surface area contributed by atoms with E-state index < -0.39 is 0 Å². The van der Waals surface area contributed by atoms with Gasteiger partial charge in [-0.05, 0) is 68.6 Å². The molecule has 1 heteroatoms. The number of Topliss-reactive ketones (excluding diaryl/α,β-unsaturated/α-hetero) is 1. The molecule has 1 aliphatic rings. The summed E-state index contributed by atoms with van der Waals surface area (Å²) < 4.78 is 0. The van der Waals surface area contributed by atoms with E-state index >= 15 is 0 Å². The molecule has 1 aliphatic carbocycles. The van der Waals surface area contributed by atoms with E-state index in [1.807, 2.05) is 0 Å². The SMILES string of the molecule is Cc1cc(C)c(CC(=O)C2CCC(C)C(C)C2)c(C)c1. The highest BCUT2D eigenvalue weighted by atomic mass is 16.1. The van der Waals surface area contributed by atoms with Crippen molar-refractivity contribution >= 4 is 5.78 Å². The normalized spacial score (nSPS) is 26.6. The summed E-state index contributed by atoms with van der Waals surface area (Å²) in [6, 6.07) is 4.39. The molecule has 0 aromatic heterocycles. The molecule has 3 unspecified atom stereocenters. The average Bonchev–Trinajstić information content (AvgIpc) is 2.36. The van der Waals surface area contributed by atoms with Crippen LogP contribution in [0.1, 0.15) is 55.4 Å². The van der Waals surface area contributed by atoms with Crippen molar-refractivity contribution in [2.24, 2.45) is 17.8 Å². The first kappa shape index (κ1) is 15.3. The third-order valence-corrected chi connectivity index (χ3v) is 5.24. The van der Waals surface area contributed by atoms with Crippen LogP contribution in [-0.4, -0.2) is 5.78 Å². The lowest BCUT2D eigenvalue weighted by atomic mass is 9.73. The fourth-order valence-corrected chi connectivity index (χ4v) is 3.65. The van der Waals surface area contributed by atoms with Gasteiger partial charge in [0.05, 0.1) is 0 Å². The van der Waals surface area contributed by atoms with Gasteiger partial charge >= 0.3 is 0 Å². The molecule has 0 heterocycles. The number of ketones is 1. The minimum absolute atomic E-state index is 0.293. The summed E-state index contributed by atoms with van der Waals surface area (Å²) in [5, 5.41) is 0. The van der Waals surface area contributed by atoms with Crippen molar-refractivity contribution in [2.75, 3.05) is 0 Å². The first-order valence-electron chi connectivity index (χ1n) is 7.98. The molecule has 0 bridgehead atoms. The van der Waals surface area contributed by atoms with Gasteiger partial charge in [0.2, 0.25) is 0 Å². The van der Waals surface area contributed by atoms with Crippen molar-refractivity contribution in [1.82, 2.24) is 0 Å². The van der Waals surface area contributed by atoms with Crippen molar-refractivity contribution < 1.29 is 4.79 Å². The molecule has 0 N–H and O–H groups in total. The molecule has 3 atom stereocenters. The summed E-state index contributed by atoms with van der Waals surface area (Å²) in [5.41, 5.74) is 5.09. The molecule has 1 aromatic rings. The second-order valence-electron chi connectivity index (χ2n) is 6.98. The fraction of sp³-hybridized carbons (Fsp3) is 0.632. The molecule has 0 amide bonds. The van der Waals surface area contributed by atoms with Crippen LogP contribution in [-0.2, 0) is 11.2 Å². The zero-order valence-electron chi connectivity index (χ0n) is 13.6. The lowest BCUT2D eigenvalue weighted by Gasteiger charge is -2.31. The Labute approximate surface area is 123 Å². The Morgan fingerprint density at radius 1 is 1.05 bits per heavy atom. The van der Waals surface area contributed by atoms with Gasteiger partial charge in [-0.3, -0.25) is 4.79 Å². The van der Waals surface area contributed by atoms with E-state index in [0.29, 0.717) is 24.0 Å². The molecular weight excluding hydrogens is 244 g/mol. The van der Waals surface area contributed by atoms with Crippen LogP contribution in [0, 0.1) is 38.5 Å². The van der Waals surface area contributed by atoms with Gasteiger partial charge < -0.3 is 0 Å². The second kappa shape index (κ2) is 6.11. The Morgan fingerprint density at radius 3 is 2.20 bits per heavy atom. The molecule has 1 aromatic carbocycles. The van der Waals surface area contributed by atoms with Crippen LogP contribution in [0.3, 0.4) is 0 Å². The van der Waals surface area contributed by atoms with Crippen molar-refractivity contribution in [1.29, 1.82) is 0 Å². The van der Waals surface area contributed by atoms with Gasteiger partial charge in [-0.2, -0.15) is 0 Å². The number of benzene rings is 1. The van der Waals surface area contributed by atoms with Gasteiger partial charge in [0.1, 0.15) is 5.78 Å². The van der Waals surface area contributed by atoms with Crippen molar-refractivity contribution in [3.63, 3.8) is 0 Å². The maximum absolute atomic E-state index is 12.6. The van der Waals surface area contributed by atoms with Crippen LogP contribution < -0.4 is 0 Å². The second-order valence-corrected chi connectivity index (χ2v) is 6.98. The largest absolute Gasteiger partial charge is 0.299 e. The molecule has 1 saturated carbocycles. The molecular formula is C19H28O. The van der Waals surface area contributed by atoms with Crippen LogP contribution in [0.4, 0.5) is 0 Å². The van der Waals surface area contributed by atoms with Crippen molar-refractivity contribution in [3.05, 3.63) is 34.4 Å². The number of hydrogen-bond acceptors (Lipinski definition) is 1. The van der Waals surface area contributed by atoms with Crippen molar-refractivity contribution in [3.8, 4) is 0 Å². The predicted octanol–water partition coefficient (Wildman–Crippen LogP) is 4.80. The van der Waals surface area contributed by atoms with E-state index in [1.165, 1.54) is 28.7 Å². The molecule has 1 fully saturated rings. The molecule has 1 nitrogen and oxygen atoms in total. The summed E-state index contributed by atoms with van der Waals surface area (Å²) in [6.45, 7) is 11.0. The van der Waals surface area contributed by atoms with Gasteiger partial charge in [0.15, 0.2) is 0 Å². The maximum atomic E-state index is 12.6. The molecule has 20 heavy (non-hydrogen) atoms. The van der Waals surface area contributed by atoms with E-state index in [4.69, 9.17) is 0 Å². The highest BCUT2D eigenvalue weighted by Crippen LogP contribution is 2.34. The summed E-state index contributed by atoms with van der Waals surface area (Å²) in [5.74, 6) is 2.22. The van der Waals surface area contributed by atoms with Crippen LogP contribution in [0.5, 0.6) is 0 Å². The number of carbonyl (C=O) groups excluding carboxylic acids is 1. The Bertz CT molecular complexity index is 477. The highest BCUT2D eigenvalue weighted by molar-refractivity contribution is 5.84. The monoisotopic (exact) mass is 272 g/mol. The smallest absolute Gasteiger partial charge is 0.140 e. The van der Waals surface area contributed by atoms with E-state index in [0.717, 1.165) is 18.8 Å². The Morgan fingerprint density at radius 2 is 1.65 bits per heavy atom. The third-order valence-electron chi connectivity index (χ3n) is 5.24. The molecule has 0 aliphatic heterocycles. The summed E-state index contributed by atoms with van der Waals surface area (Å²) >= 11 is 0. The summed E-state index contributed by atoms with van der Waals surface area (Å²) in [7, 11) is 0. The first-order chi connectivity index (χ1) is 9.38. The molecule has 0 spiro atoms. The number of carbonyl (C=O) groups is 1. The maximum Gasteiger partial charge on any atom is 0.140 e.